The number of urea groups is 1. The predicted molar refractivity (Wildman–Crippen MR) is 167 cm³/mol. The molecule has 9 nitrogen and oxygen atoms in total. The number of benzene rings is 2. The number of nitrogens with zero attached hydrogens (tertiary/aromatic N) is 5. The van der Waals surface area contributed by atoms with Crippen molar-refractivity contribution in [2.75, 3.05) is 49.6 Å². The van der Waals surface area contributed by atoms with Gasteiger partial charge in [0.25, 0.3) is 0 Å². The Balaban J connectivity index is 1.21. The van der Waals surface area contributed by atoms with Gasteiger partial charge in [-0.05, 0) is 68.6 Å². The molecule has 2 fully saturated rings. The highest BCUT2D eigenvalue weighted by atomic mass is 35.5. The molecule has 0 bridgehead atoms. The lowest BCUT2D eigenvalue weighted by Gasteiger charge is -2.41. The van der Waals surface area contributed by atoms with Crippen LogP contribution >= 0.6 is 23.2 Å². The van der Waals surface area contributed by atoms with Crippen molar-refractivity contribution in [1.82, 2.24) is 24.3 Å². The van der Waals surface area contributed by atoms with E-state index in [4.69, 9.17) is 28.9 Å². The van der Waals surface area contributed by atoms with E-state index in [0.29, 0.717) is 38.5 Å². The molecule has 2 aromatic heterocycles. The molecule has 42 heavy (non-hydrogen) atoms. The maximum absolute atomic E-state index is 15.3. The lowest BCUT2D eigenvalue weighted by molar-refractivity contribution is 0.0828. The summed E-state index contributed by atoms with van der Waals surface area (Å²) >= 11 is 12.0. The highest BCUT2D eigenvalue weighted by Crippen LogP contribution is 2.39. The number of carbonyl (C=O) groups excluding carboxylic acids is 1. The van der Waals surface area contributed by atoms with E-state index in [2.05, 4.69) is 42.0 Å². The maximum atomic E-state index is 15.3. The van der Waals surface area contributed by atoms with Crippen LogP contribution in [0.3, 0.4) is 0 Å². The van der Waals surface area contributed by atoms with Crippen molar-refractivity contribution in [2.45, 2.75) is 37.8 Å². The van der Waals surface area contributed by atoms with Crippen LogP contribution in [0.4, 0.5) is 26.4 Å². The molecule has 4 aromatic rings. The Morgan fingerprint density at radius 1 is 0.952 bits per heavy atom. The topological polar surface area (TPSA) is 104 Å². The Bertz CT molecular complexity index is 1590. The molecule has 1 saturated carbocycles. The van der Waals surface area contributed by atoms with Gasteiger partial charge < -0.3 is 25.8 Å². The molecule has 0 unspecified atom stereocenters. The molecule has 0 spiro atoms. The highest BCUT2D eigenvalue weighted by molar-refractivity contribution is 6.35. The second kappa shape index (κ2) is 12.0. The van der Waals surface area contributed by atoms with Gasteiger partial charge in [0, 0.05) is 65.8 Å². The van der Waals surface area contributed by atoms with E-state index in [1.165, 1.54) is 18.5 Å². The Hall–Kier alpha value is -3.44. The lowest BCUT2D eigenvalue weighted by Crippen LogP contribution is -2.49. The van der Waals surface area contributed by atoms with Crippen LogP contribution in [-0.4, -0.2) is 69.6 Å². The molecule has 2 aromatic carbocycles. The van der Waals surface area contributed by atoms with Gasteiger partial charge in [0.05, 0.1) is 11.1 Å². The van der Waals surface area contributed by atoms with E-state index in [1.807, 2.05) is 6.20 Å². The first kappa shape index (κ1) is 28.7. The Kier molecular flexibility index (Phi) is 8.22. The Morgan fingerprint density at radius 3 is 2.33 bits per heavy atom. The smallest absolute Gasteiger partial charge is 0.323 e. The Morgan fingerprint density at radius 2 is 1.64 bits per heavy atom. The third kappa shape index (κ3) is 6.03. The van der Waals surface area contributed by atoms with Crippen molar-refractivity contribution in [3.63, 3.8) is 0 Å². The van der Waals surface area contributed by atoms with E-state index in [0.717, 1.165) is 63.1 Å². The van der Waals surface area contributed by atoms with E-state index in [9.17, 15) is 4.79 Å². The molecule has 1 aliphatic carbocycles. The van der Waals surface area contributed by atoms with Crippen LogP contribution in [0.25, 0.3) is 22.2 Å². The fourth-order valence-electron chi connectivity index (χ4n) is 6.19. The number of amides is 2. The minimum absolute atomic E-state index is 0.0274. The zero-order valence-electron chi connectivity index (χ0n) is 23.3. The molecule has 12 heteroatoms. The summed E-state index contributed by atoms with van der Waals surface area (Å²) in [7, 11) is 2.18. The van der Waals surface area contributed by atoms with Gasteiger partial charge in [-0.3, -0.25) is 4.90 Å². The zero-order valence-corrected chi connectivity index (χ0v) is 24.8. The van der Waals surface area contributed by atoms with Gasteiger partial charge in [-0.15, -0.1) is 0 Å². The lowest BCUT2D eigenvalue weighted by atomic mass is 9.89. The second-order valence-electron chi connectivity index (χ2n) is 11.1. The van der Waals surface area contributed by atoms with Crippen LogP contribution < -0.4 is 16.4 Å². The van der Waals surface area contributed by atoms with Crippen molar-refractivity contribution in [1.29, 1.82) is 0 Å². The second-order valence-corrected chi connectivity index (χ2v) is 12.0. The standard InChI is InChI=1S/C30H33Cl2FN8O/c1-39-8-10-40(11-9-39)22-3-5-23(6-4-22)41-16-24(27-28(34)35-17-36-29(27)41)18-2-7-26(25(33)12-18)38-30(42)37-21-14-19(31)13-20(32)15-21/h2,7,12-17,22-23H,3-6,8-11H2,1H3,(H2,34,35,36)(H2,37,38,42). The summed E-state index contributed by atoms with van der Waals surface area (Å²) in [6, 6.07) is 9.58. The van der Waals surface area contributed by atoms with E-state index in [-0.39, 0.29) is 11.7 Å². The Labute approximate surface area is 253 Å². The predicted octanol–water partition coefficient (Wildman–Crippen LogP) is 6.50. The zero-order chi connectivity index (χ0) is 29.4. The molecule has 0 atom stereocenters. The molecule has 0 radical (unpaired) electrons. The van der Waals surface area contributed by atoms with Crippen molar-refractivity contribution >= 4 is 57.5 Å². The van der Waals surface area contributed by atoms with Crippen molar-refractivity contribution in [3.05, 3.63) is 64.8 Å². The molecule has 2 aliphatic rings. The number of aromatic nitrogens is 3. The van der Waals surface area contributed by atoms with Crippen LogP contribution in [-0.2, 0) is 0 Å². The molecule has 220 valence electrons. The number of nitrogens with one attached hydrogen (secondary N) is 2. The SMILES string of the molecule is CN1CCN(C2CCC(n3cc(-c4ccc(NC(=O)Nc5cc(Cl)cc(Cl)c5)c(F)c4)c4c(N)ncnc43)CC2)CC1. The van der Waals surface area contributed by atoms with Gasteiger partial charge >= 0.3 is 6.03 Å². The molecule has 6 rings (SSSR count). The summed E-state index contributed by atoms with van der Waals surface area (Å²) < 4.78 is 17.5. The fourth-order valence-corrected chi connectivity index (χ4v) is 6.71. The molecular weight excluding hydrogens is 578 g/mol. The van der Waals surface area contributed by atoms with Crippen LogP contribution in [0.5, 0.6) is 0 Å². The highest BCUT2D eigenvalue weighted by Gasteiger charge is 2.30. The average Bonchev–Trinajstić information content (AvgIpc) is 3.35. The summed E-state index contributed by atoms with van der Waals surface area (Å²) in [6.07, 6.45) is 7.83. The molecule has 3 heterocycles. The minimum atomic E-state index is -0.624. The number of halogens is 3. The van der Waals surface area contributed by atoms with Crippen LogP contribution in [0.1, 0.15) is 31.7 Å². The average molecular weight is 612 g/mol. The number of nitrogens with two attached hydrogens (primary N) is 1. The molecule has 2 amide bonds. The first-order valence-corrected chi connectivity index (χ1v) is 14.9. The number of nitrogen functional groups attached to an aromatic ring is 1. The van der Waals surface area contributed by atoms with Gasteiger partial charge in [0.15, 0.2) is 0 Å². The van der Waals surface area contributed by atoms with Crippen LogP contribution in [0.15, 0.2) is 48.9 Å². The third-order valence-electron chi connectivity index (χ3n) is 8.40. The number of likely N-dealkylation sites (N-methyl/N-ethyl adjacent to an activating group) is 1. The number of rotatable bonds is 5. The summed E-state index contributed by atoms with van der Waals surface area (Å²) in [6.45, 7) is 4.49. The van der Waals surface area contributed by atoms with E-state index in [1.54, 1.807) is 24.3 Å². The number of anilines is 3. The third-order valence-corrected chi connectivity index (χ3v) is 8.84. The fraction of sp³-hybridized carbons (Fsp3) is 0.367. The summed E-state index contributed by atoms with van der Waals surface area (Å²) in [5.74, 6) is -0.238. The number of carbonyl (C=O) groups is 1. The van der Waals surface area contributed by atoms with Crippen molar-refractivity contribution in [2.24, 2.45) is 0 Å². The van der Waals surface area contributed by atoms with E-state index >= 15 is 4.39 Å². The monoisotopic (exact) mass is 610 g/mol. The first-order valence-electron chi connectivity index (χ1n) is 14.1. The van der Waals surface area contributed by atoms with Gasteiger partial charge in [0.2, 0.25) is 0 Å². The molecule has 1 aliphatic heterocycles. The van der Waals surface area contributed by atoms with Crippen LogP contribution in [0, 0.1) is 5.82 Å². The number of hydrogen-bond donors (Lipinski definition) is 3. The van der Waals surface area contributed by atoms with Gasteiger partial charge in [-0.25, -0.2) is 19.2 Å². The molecule has 4 N–H and O–H groups in total. The number of fused-ring (bicyclic) bond motifs is 1. The van der Waals surface area contributed by atoms with Gasteiger partial charge in [-0.2, -0.15) is 0 Å². The molecular formula is C30H33Cl2FN8O. The summed E-state index contributed by atoms with van der Waals surface area (Å²) in [5, 5.41) is 6.61. The van der Waals surface area contributed by atoms with Gasteiger partial charge in [0.1, 0.15) is 23.6 Å². The van der Waals surface area contributed by atoms with Crippen LogP contribution in [0.2, 0.25) is 10.0 Å². The van der Waals surface area contributed by atoms with Crippen molar-refractivity contribution in [3.8, 4) is 11.1 Å². The number of piperazine rings is 1. The van der Waals surface area contributed by atoms with Crippen molar-refractivity contribution < 1.29 is 9.18 Å². The quantitative estimate of drug-likeness (QED) is 0.238. The minimum Gasteiger partial charge on any atom is -0.383 e. The first-order chi connectivity index (χ1) is 20.2. The summed E-state index contributed by atoms with van der Waals surface area (Å²) in [5.41, 5.74) is 8.89. The number of hydrogen-bond acceptors (Lipinski definition) is 6. The maximum Gasteiger partial charge on any atom is 0.323 e. The molecule has 1 saturated heterocycles. The largest absolute Gasteiger partial charge is 0.383 e. The van der Waals surface area contributed by atoms with E-state index < -0.39 is 11.8 Å². The normalized spacial score (nSPS) is 20.1. The summed E-state index contributed by atoms with van der Waals surface area (Å²) in [4.78, 5) is 26.4. The van der Waals surface area contributed by atoms with Gasteiger partial charge in [-0.1, -0.05) is 29.3 Å².